The highest BCUT2D eigenvalue weighted by Gasteiger charge is 2.26. The lowest BCUT2D eigenvalue weighted by Gasteiger charge is -2.24. The van der Waals surface area contributed by atoms with Gasteiger partial charge in [-0.3, -0.25) is 19.6 Å². The van der Waals surface area contributed by atoms with E-state index in [1.165, 1.54) is 0 Å². The first kappa shape index (κ1) is 18.7. The second kappa shape index (κ2) is 7.77. The van der Waals surface area contributed by atoms with Gasteiger partial charge < -0.3 is 9.32 Å². The predicted octanol–water partition coefficient (Wildman–Crippen LogP) is 2.29. The minimum atomic E-state index is -0.111. The highest BCUT2D eigenvalue weighted by molar-refractivity contribution is 5.77. The van der Waals surface area contributed by atoms with E-state index in [1.54, 1.807) is 6.07 Å². The summed E-state index contributed by atoms with van der Waals surface area (Å²) >= 11 is 0. The average Bonchev–Trinajstić information content (AvgIpc) is 3.27. The van der Waals surface area contributed by atoms with Crippen LogP contribution in [0.1, 0.15) is 17.9 Å². The molecule has 1 aliphatic rings. The van der Waals surface area contributed by atoms with E-state index in [2.05, 4.69) is 38.9 Å². The van der Waals surface area contributed by atoms with Gasteiger partial charge in [0.25, 0.3) is 5.56 Å². The van der Waals surface area contributed by atoms with Crippen LogP contribution in [0.2, 0.25) is 0 Å². The van der Waals surface area contributed by atoms with Gasteiger partial charge >= 0.3 is 0 Å². The fourth-order valence-electron chi connectivity index (χ4n) is 3.82. The largest absolute Gasteiger partial charge is 0.460 e. The maximum Gasteiger partial charge on any atom is 0.252 e. The number of likely N-dealkylation sites (tertiary alicyclic amines) is 1. The lowest BCUT2D eigenvalue weighted by molar-refractivity contribution is 0.216. The monoisotopic (exact) mass is 381 g/mol. The number of furan rings is 1. The third-order valence-electron chi connectivity index (χ3n) is 5.34. The molecule has 0 spiro atoms. The topological polar surface area (TPSA) is 68.6 Å². The molecular formula is C21H27N5O2. The van der Waals surface area contributed by atoms with Crippen LogP contribution in [0.15, 0.2) is 45.6 Å². The SMILES string of the molecule is CN(C)c1nc(CN(C)C2CCN(Cc3cc4ccccc4o3)C2)cc(=O)[nH]1. The normalized spacial score (nSPS) is 17.6. The molecule has 0 bridgehead atoms. The second-order valence-corrected chi connectivity index (χ2v) is 7.80. The van der Waals surface area contributed by atoms with E-state index < -0.39 is 0 Å². The predicted molar refractivity (Wildman–Crippen MR) is 111 cm³/mol. The van der Waals surface area contributed by atoms with Gasteiger partial charge in [0.15, 0.2) is 0 Å². The Kier molecular flexibility index (Phi) is 5.19. The van der Waals surface area contributed by atoms with Crippen LogP contribution in [-0.2, 0) is 13.1 Å². The van der Waals surface area contributed by atoms with E-state index in [4.69, 9.17) is 4.42 Å². The molecule has 1 aliphatic heterocycles. The summed E-state index contributed by atoms with van der Waals surface area (Å²) in [6.45, 7) is 3.51. The Morgan fingerprint density at radius 1 is 1.25 bits per heavy atom. The van der Waals surface area contributed by atoms with Crippen molar-refractivity contribution >= 4 is 16.9 Å². The molecule has 1 atom stereocenters. The van der Waals surface area contributed by atoms with Gasteiger partial charge in [-0.15, -0.1) is 0 Å². The molecule has 0 radical (unpaired) electrons. The van der Waals surface area contributed by atoms with Gasteiger partial charge in [0.1, 0.15) is 11.3 Å². The van der Waals surface area contributed by atoms with Crippen molar-refractivity contribution in [2.75, 3.05) is 39.1 Å². The minimum Gasteiger partial charge on any atom is -0.460 e. The van der Waals surface area contributed by atoms with Crippen molar-refractivity contribution in [3.05, 3.63) is 58.2 Å². The standard InChI is InChI=1S/C21H27N5O2/c1-24(2)21-22-16(11-20(27)23-21)12-25(3)17-8-9-26(13-17)14-18-10-15-6-4-5-7-19(15)28-18/h4-7,10-11,17H,8-9,12-14H2,1-3H3,(H,22,23,27). The molecule has 0 aliphatic carbocycles. The van der Waals surface area contributed by atoms with Crippen molar-refractivity contribution in [3.8, 4) is 0 Å². The zero-order chi connectivity index (χ0) is 19.7. The van der Waals surface area contributed by atoms with Crippen molar-refractivity contribution in [3.63, 3.8) is 0 Å². The molecule has 1 saturated heterocycles. The second-order valence-electron chi connectivity index (χ2n) is 7.80. The van der Waals surface area contributed by atoms with E-state index in [0.29, 0.717) is 18.5 Å². The summed E-state index contributed by atoms with van der Waals surface area (Å²) in [5.74, 6) is 1.60. The molecule has 148 valence electrons. The first-order valence-electron chi connectivity index (χ1n) is 9.65. The van der Waals surface area contributed by atoms with Crippen LogP contribution in [0.4, 0.5) is 5.95 Å². The van der Waals surface area contributed by atoms with Crippen molar-refractivity contribution in [2.24, 2.45) is 0 Å². The number of rotatable bonds is 6. The highest BCUT2D eigenvalue weighted by Crippen LogP contribution is 2.23. The number of aromatic amines is 1. The number of hydrogen-bond donors (Lipinski definition) is 1. The molecule has 3 aromatic rings. The molecule has 1 fully saturated rings. The Morgan fingerprint density at radius 2 is 2.07 bits per heavy atom. The molecule has 1 N–H and O–H groups in total. The Morgan fingerprint density at radius 3 is 2.86 bits per heavy atom. The number of nitrogens with zero attached hydrogens (tertiary/aromatic N) is 4. The summed E-state index contributed by atoms with van der Waals surface area (Å²) in [7, 11) is 5.85. The Bertz CT molecular complexity index is 976. The molecule has 0 saturated carbocycles. The van der Waals surface area contributed by atoms with Gasteiger partial charge in [-0.25, -0.2) is 4.98 Å². The zero-order valence-electron chi connectivity index (χ0n) is 16.7. The Balaban J connectivity index is 1.37. The molecule has 1 aromatic carbocycles. The van der Waals surface area contributed by atoms with Gasteiger partial charge in [0.05, 0.1) is 12.2 Å². The number of fused-ring (bicyclic) bond motifs is 1. The number of likely N-dealkylation sites (N-methyl/N-ethyl adjacent to an activating group) is 1. The third-order valence-corrected chi connectivity index (χ3v) is 5.34. The zero-order valence-corrected chi connectivity index (χ0v) is 16.7. The maximum absolute atomic E-state index is 11.9. The van der Waals surface area contributed by atoms with Crippen LogP contribution in [0.3, 0.4) is 0 Å². The highest BCUT2D eigenvalue weighted by atomic mass is 16.3. The van der Waals surface area contributed by atoms with Crippen molar-refractivity contribution in [1.82, 2.24) is 19.8 Å². The number of nitrogens with one attached hydrogen (secondary N) is 1. The van der Waals surface area contributed by atoms with Gasteiger partial charge in [0.2, 0.25) is 5.95 Å². The molecule has 1 unspecified atom stereocenters. The molecular weight excluding hydrogens is 354 g/mol. The van der Waals surface area contributed by atoms with Crippen LogP contribution in [0.5, 0.6) is 0 Å². The quantitative estimate of drug-likeness (QED) is 0.707. The molecule has 4 rings (SSSR count). The summed E-state index contributed by atoms with van der Waals surface area (Å²) in [6, 6.07) is 12.3. The van der Waals surface area contributed by atoms with Crippen LogP contribution in [-0.4, -0.2) is 60.0 Å². The summed E-state index contributed by atoms with van der Waals surface area (Å²) in [5, 5.41) is 1.16. The molecule has 3 heterocycles. The van der Waals surface area contributed by atoms with Crippen molar-refractivity contribution in [2.45, 2.75) is 25.6 Å². The van der Waals surface area contributed by atoms with E-state index in [9.17, 15) is 4.79 Å². The van der Waals surface area contributed by atoms with Gasteiger partial charge in [-0.1, -0.05) is 18.2 Å². The van der Waals surface area contributed by atoms with E-state index in [-0.39, 0.29) is 5.56 Å². The first-order valence-corrected chi connectivity index (χ1v) is 9.65. The van der Waals surface area contributed by atoms with E-state index in [1.807, 2.05) is 37.2 Å². The summed E-state index contributed by atoms with van der Waals surface area (Å²) in [4.78, 5) is 25.7. The first-order chi connectivity index (χ1) is 13.5. The Hall–Kier alpha value is -2.64. The lowest BCUT2D eigenvalue weighted by Crippen LogP contribution is -2.34. The summed E-state index contributed by atoms with van der Waals surface area (Å²) in [5.41, 5.74) is 1.63. The van der Waals surface area contributed by atoms with E-state index in [0.717, 1.165) is 48.5 Å². The number of benzene rings is 1. The van der Waals surface area contributed by atoms with Gasteiger partial charge in [-0.05, 0) is 25.6 Å². The van der Waals surface area contributed by atoms with Crippen molar-refractivity contribution in [1.29, 1.82) is 0 Å². The lowest BCUT2D eigenvalue weighted by atomic mass is 10.2. The average molecular weight is 381 g/mol. The van der Waals surface area contributed by atoms with Crippen LogP contribution < -0.4 is 10.5 Å². The molecule has 7 heteroatoms. The number of H-pyrrole nitrogens is 1. The number of aromatic nitrogens is 2. The fraction of sp³-hybridized carbons (Fsp3) is 0.429. The van der Waals surface area contributed by atoms with E-state index >= 15 is 0 Å². The molecule has 2 aromatic heterocycles. The smallest absolute Gasteiger partial charge is 0.252 e. The number of para-hydroxylation sites is 1. The summed E-state index contributed by atoms with van der Waals surface area (Å²) < 4.78 is 5.96. The Labute approximate surface area is 164 Å². The number of anilines is 1. The molecule has 28 heavy (non-hydrogen) atoms. The third kappa shape index (κ3) is 4.10. The van der Waals surface area contributed by atoms with Crippen LogP contribution in [0, 0.1) is 0 Å². The van der Waals surface area contributed by atoms with Crippen LogP contribution in [0.25, 0.3) is 11.0 Å². The molecule has 0 amide bonds. The van der Waals surface area contributed by atoms with Crippen molar-refractivity contribution < 1.29 is 4.42 Å². The van der Waals surface area contributed by atoms with Gasteiger partial charge in [0, 0.05) is 51.2 Å². The number of hydrogen-bond acceptors (Lipinski definition) is 6. The maximum atomic E-state index is 11.9. The van der Waals surface area contributed by atoms with Gasteiger partial charge in [-0.2, -0.15) is 0 Å². The minimum absolute atomic E-state index is 0.111. The van der Waals surface area contributed by atoms with Crippen LogP contribution >= 0.6 is 0 Å². The fourth-order valence-corrected chi connectivity index (χ4v) is 3.82. The molecule has 7 nitrogen and oxygen atoms in total. The summed E-state index contributed by atoms with van der Waals surface area (Å²) in [6.07, 6.45) is 1.10.